The van der Waals surface area contributed by atoms with Gasteiger partial charge in [-0.3, -0.25) is 0 Å². The maximum Gasteiger partial charge on any atom is 0.410 e. The third-order valence-corrected chi connectivity index (χ3v) is 3.93. The van der Waals surface area contributed by atoms with E-state index in [4.69, 9.17) is 9.47 Å². The summed E-state index contributed by atoms with van der Waals surface area (Å²) in [6.07, 6.45) is 6.54. The van der Waals surface area contributed by atoms with Gasteiger partial charge in [-0.25, -0.2) is 4.79 Å². The van der Waals surface area contributed by atoms with Gasteiger partial charge >= 0.3 is 6.09 Å². The minimum absolute atomic E-state index is 0.260. The summed E-state index contributed by atoms with van der Waals surface area (Å²) in [6, 6.07) is 0. The second kappa shape index (κ2) is 10.1. The summed E-state index contributed by atoms with van der Waals surface area (Å²) in [5, 5.41) is 3.49. The Bertz CT molecular complexity index is 310. The number of ether oxygens (including phenoxy) is 2. The maximum absolute atomic E-state index is 12.2. The van der Waals surface area contributed by atoms with Crippen LogP contribution >= 0.6 is 0 Å². The van der Waals surface area contributed by atoms with Crippen molar-refractivity contribution in [1.82, 2.24) is 10.2 Å². The number of carbonyl (C=O) groups excluding carboxylic acids is 1. The van der Waals surface area contributed by atoms with Gasteiger partial charge in [0.15, 0.2) is 0 Å². The van der Waals surface area contributed by atoms with Crippen molar-refractivity contribution in [1.29, 1.82) is 0 Å². The van der Waals surface area contributed by atoms with E-state index in [1.54, 1.807) is 12.0 Å². The highest BCUT2D eigenvalue weighted by Crippen LogP contribution is 2.22. The number of nitrogens with zero attached hydrogens (tertiary/aromatic N) is 1. The number of hydrogen-bond donors (Lipinski definition) is 1. The molecule has 1 fully saturated rings. The van der Waals surface area contributed by atoms with Gasteiger partial charge in [-0.2, -0.15) is 0 Å². The zero-order chi connectivity index (χ0) is 16.4. The monoisotopic (exact) mass is 314 g/mol. The lowest BCUT2D eigenvalue weighted by atomic mass is 9.89. The molecule has 0 spiro atoms. The van der Waals surface area contributed by atoms with Crippen LogP contribution in [0, 0.1) is 5.92 Å². The van der Waals surface area contributed by atoms with Crippen molar-refractivity contribution in [3.8, 4) is 0 Å². The molecule has 0 aromatic heterocycles. The van der Waals surface area contributed by atoms with E-state index in [1.807, 2.05) is 20.8 Å². The van der Waals surface area contributed by atoms with Gasteiger partial charge < -0.3 is 19.7 Å². The Morgan fingerprint density at radius 2 is 1.86 bits per heavy atom. The summed E-state index contributed by atoms with van der Waals surface area (Å²) in [4.78, 5) is 13.9. The van der Waals surface area contributed by atoms with Crippen LogP contribution in [0.1, 0.15) is 52.9 Å². The highest BCUT2D eigenvalue weighted by atomic mass is 16.6. The van der Waals surface area contributed by atoms with Gasteiger partial charge in [0.1, 0.15) is 5.60 Å². The molecule has 0 atom stereocenters. The van der Waals surface area contributed by atoms with Crippen molar-refractivity contribution in [2.75, 3.05) is 39.9 Å². The smallest absolute Gasteiger partial charge is 0.410 e. The molecule has 0 bridgehead atoms. The highest BCUT2D eigenvalue weighted by Gasteiger charge is 2.21. The minimum atomic E-state index is -0.460. The van der Waals surface area contributed by atoms with Gasteiger partial charge in [0, 0.05) is 26.7 Å². The molecule has 1 N–H and O–H groups in total. The van der Waals surface area contributed by atoms with Gasteiger partial charge in [0.25, 0.3) is 0 Å². The van der Waals surface area contributed by atoms with E-state index in [0.717, 1.165) is 19.0 Å². The number of hydrogen-bond acceptors (Lipinski definition) is 4. The summed E-state index contributed by atoms with van der Waals surface area (Å²) in [7, 11) is 1.65. The molecular weight excluding hydrogens is 280 g/mol. The summed E-state index contributed by atoms with van der Waals surface area (Å²) < 4.78 is 10.5. The molecule has 1 amide bonds. The van der Waals surface area contributed by atoms with E-state index in [9.17, 15) is 4.79 Å². The van der Waals surface area contributed by atoms with Gasteiger partial charge in [-0.1, -0.05) is 19.3 Å². The minimum Gasteiger partial charge on any atom is -0.444 e. The summed E-state index contributed by atoms with van der Waals surface area (Å²) in [6.45, 7) is 9.29. The Morgan fingerprint density at radius 3 is 2.45 bits per heavy atom. The van der Waals surface area contributed by atoms with Crippen molar-refractivity contribution in [3.63, 3.8) is 0 Å². The third-order valence-electron chi connectivity index (χ3n) is 3.93. The van der Waals surface area contributed by atoms with Crippen molar-refractivity contribution in [2.45, 2.75) is 58.5 Å². The first-order valence-electron chi connectivity index (χ1n) is 8.60. The first-order valence-corrected chi connectivity index (χ1v) is 8.60. The fraction of sp³-hybridized carbons (Fsp3) is 0.941. The van der Waals surface area contributed by atoms with Crippen LogP contribution in [0.25, 0.3) is 0 Å². The van der Waals surface area contributed by atoms with Gasteiger partial charge in [0.05, 0.1) is 6.61 Å². The Balaban J connectivity index is 2.29. The van der Waals surface area contributed by atoms with E-state index < -0.39 is 5.60 Å². The van der Waals surface area contributed by atoms with E-state index in [1.165, 1.54) is 32.1 Å². The average Bonchev–Trinajstić information content (AvgIpc) is 2.45. The quantitative estimate of drug-likeness (QED) is 0.700. The summed E-state index contributed by atoms with van der Waals surface area (Å²) in [5.41, 5.74) is -0.460. The summed E-state index contributed by atoms with van der Waals surface area (Å²) in [5.74, 6) is 0.808. The molecule has 0 aromatic carbocycles. The lowest BCUT2D eigenvalue weighted by Gasteiger charge is -2.28. The largest absolute Gasteiger partial charge is 0.444 e. The molecule has 1 aliphatic carbocycles. The van der Waals surface area contributed by atoms with Gasteiger partial charge in [-0.05, 0) is 46.1 Å². The van der Waals surface area contributed by atoms with Crippen molar-refractivity contribution in [2.24, 2.45) is 5.92 Å². The van der Waals surface area contributed by atoms with Crippen molar-refractivity contribution >= 4 is 6.09 Å². The number of methoxy groups -OCH3 is 1. The Kier molecular flexibility index (Phi) is 8.79. The van der Waals surface area contributed by atoms with E-state index in [0.29, 0.717) is 19.7 Å². The molecule has 22 heavy (non-hydrogen) atoms. The molecule has 1 rings (SSSR count). The van der Waals surface area contributed by atoms with Crippen LogP contribution in [0.15, 0.2) is 0 Å². The number of nitrogens with one attached hydrogen (secondary N) is 1. The molecule has 5 heteroatoms. The van der Waals surface area contributed by atoms with E-state index in [2.05, 4.69) is 5.32 Å². The maximum atomic E-state index is 12.2. The van der Waals surface area contributed by atoms with Gasteiger partial charge in [0.2, 0.25) is 0 Å². The zero-order valence-corrected chi connectivity index (χ0v) is 14.8. The molecule has 1 aliphatic rings. The average molecular weight is 314 g/mol. The first-order chi connectivity index (χ1) is 10.4. The molecule has 1 saturated carbocycles. The molecule has 0 unspecified atom stereocenters. The molecule has 0 heterocycles. The van der Waals surface area contributed by atoms with Crippen molar-refractivity contribution in [3.05, 3.63) is 0 Å². The summed E-state index contributed by atoms with van der Waals surface area (Å²) >= 11 is 0. The number of amides is 1. The lowest BCUT2D eigenvalue weighted by molar-refractivity contribution is 0.0203. The van der Waals surface area contributed by atoms with Crippen LogP contribution in [-0.4, -0.2) is 56.5 Å². The van der Waals surface area contributed by atoms with Crippen LogP contribution in [0.3, 0.4) is 0 Å². The van der Waals surface area contributed by atoms with Crippen LogP contribution in [0.4, 0.5) is 4.79 Å². The second-order valence-electron chi connectivity index (χ2n) is 7.17. The van der Waals surface area contributed by atoms with Crippen LogP contribution in [-0.2, 0) is 9.47 Å². The first kappa shape index (κ1) is 19.2. The SMILES string of the molecule is COCCN(CCNCC1CCCCC1)C(=O)OC(C)(C)C. The molecule has 5 nitrogen and oxygen atoms in total. The predicted molar refractivity (Wildman–Crippen MR) is 89.1 cm³/mol. The predicted octanol–water partition coefficient (Wildman–Crippen LogP) is 3.04. The molecular formula is C17H34N2O3. The highest BCUT2D eigenvalue weighted by molar-refractivity contribution is 5.68. The van der Waals surface area contributed by atoms with Gasteiger partial charge in [-0.15, -0.1) is 0 Å². The Labute approximate surface area is 135 Å². The topological polar surface area (TPSA) is 50.8 Å². The van der Waals surface area contributed by atoms with Crippen LogP contribution in [0.5, 0.6) is 0 Å². The second-order valence-corrected chi connectivity index (χ2v) is 7.17. The zero-order valence-electron chi connectivity index (χ0n) is 14.8. The lowest BCUT2D eigenvalue weighted by Crippen LogP contribution is -2.42. The molecule has 0 aliphatic heterocycles. The standard InChI is InChI=1S/C17H34N2O3/c1-17(2,3)22-16(20)19(12-13-21-4)11-10-18-14-15-8-6-5-7-9-15/h15,18H,5-14H2,1-4H3. The van der Waals surface area contributed by atoms with Crippen LogP contribution in [0.2, 0.25) is 0 Å². The molecule has 0 saturated heterocycles. The third kappa shape index (κ3) is 8.59. The van der Waals surface area contributed by atoms with Crippen LogP contribution < -0.4 is 5.32 Å². The van der Waals surface area contributed by atoms with E-state index >= 15 is 0 Å². The number of carbonyl (C=O) groups is 1. The molecule has 0 radical (unpaired) electrons. The van der Waals surface area contributed by atoms with Crippen molar-refractivity contribution < 1.29 is 14.3 Å². The molecule has 130 valence electrons. The fourth-order valence-electron chi connectivity index (χ4n) is 2.73. The normalized spacial score (nSPS) is 16.5. The number of rotatable bonds is 8. The molecule has 0 aromatic rings. The fourth-order valence-corrected chi connectivity index (χ4v) is 2.73. The Hall–Kier alpha value is -0.810. The van der Waals surface area contributed by atoms with E-state index in [-0.39, 0.29) is 6.09 Å². The Morgan fingerprint density at radius 1 is 1.18 bits per heavy atom.